The number of hydrogen-bond donors (Lipinski definition) is 1. The molecule has 0 fully saturated rings. The van der Waals surface area contributed by atoms with Crippen LogP contribution in [-0.2, 0) is 24.8 Å². The van der Waals surface area contributed by atoms with E-state index in [2.05, 4.69) is 22.0 Å². The molecular weight excluding hydrogens is 291 g/mol. The number of para-hydroxylation sites is 1. The minimum Gasteiger partial charge on any atom is -0.352 e. The van der Waals surface area contributed by atoms with Gasteiger partial charge in [-0.15, -0.1) is 0 Å². The van der Waals surface area contributed by atoms with Crippen molar-refractivity contribution in [3.63, 3.8) is 0 Å². The van der Waals surface area contributed by atoms with Crippen molar-refractivity contribution in [2.45, 2.75) is 19.9 Å². The lowest BCUT2D eigenvalue weighted by molar-refractivity contribution is -0.120. The monoisotopic (exact) mass is 310 g/mol. The second kappa shape index (κ2) is 6.24. The Bertz CT molecular complexity index is 867. The van der Waals surface area contributed by atoms with E-state index in [1.165, 1.54) is 6.07 Å². The number of aryl methyl sites for hydroxylation is 1. The first-order valence-electron chi connectivity index (χ1n) is 7.61. The Morgan fingerprint density at radius 3 is 2.61 bits per heavy atom. The summed E-state index contributed by atoms with van der Waals surface area (Å²) in [5.74, 6) is -0.522. The molecule has 3 rings (SSSR count). The number of benzene rings is 2. The third kappa shape index (κ3) is 2.97. The molecule has 0 aliphatic carbocycles. The first-order valence-corrected chi connectivity index (χ1v) is 7.61. The van der Waals surface area contributed by atoms with Gasteiger partial charge in [0.15, 0.2) is 0 Å². The highest BCUT2D eigenvalue weighted by Gasteiger charge is 2.13. The molecule has 0 saturated carbocycles. The fourth-order valence-corrected chi connectivity index (χ4v) is 2.89. The summed E-state index contributed by atoms with van der Waals surface area (Å²) in [4.78, 5) is 12.1. The van der Waals surface area contributed by atoms with Gasteiger partial charge in [-0.1, -0.05) is 36.4 Å². The molecule has 118 valence electrons. The van der Waals surface area contributed by atoms with Crippen LogP contribution in [0.15, 0.2) is 48.5 Å². The summed E-state index contributed by atoms with van der Waals surface area (Å²) in [7, 11) is 2.02. The minimum absolute atomic E-state index is 0.0521. The number of nitrogens with one attached hydrogen (secondary N) is 1. The van der Waals surface area contributed by atoms with Crippen LogP contribution in [0.5, 0.6) is 0 Å². The van der Waals surface area contributed by atoms with Gasteiger partial charge in [0.1, 0.15) is 5.82 Å². The number of hydrogen-bond acceptors (Lipinski definition) is 1. The fraction of sp³-hybridized carbons (Fsp3) is 0.211. The third-order valence-electron chi connectivity index (χ3n) is 4.30. The fourth-order valence-electron chi connectivity index (χ4n) is 2.89. The van der Waals surface area contributed by atoms with Crippen LogP contribution in [0.1, 0.15) is 16.8 Å². The summed E-state index contributed by atoms with van der Waals surface area (Å²) >= 11 is 0. The molecule has 3 aromatic rings. The quantitative estimate of drug-likeness (QED) is 0.786. The number of halogens is 1. The van der Waals surface area contributed by atoms with E-state index < -0.39 is 0 Å². The van der Waals surface area contributed by atoms with E-state index in [1.54, 1.807) is 18.2 Å². The van der Waals surface area contributed by atoms with E-state index >= 15 is 0 Å². The van der Waals surface area contributed by atoms with Gasteiger partial charge in [-0.25, -0.2) is 4.39 Å². The maximum Gasteiger partial charge on any atom is 0.224 e. The van der Waals surface area contributed by atoms with E-state index in [4.69, 9.17) is 0 Å². The summed E-state index contributed by atoms with van der Waals surface area (Å²) in [6, 6.07) is 14.5. The zero-order valence-electron chi connectivity index (χ0n) is 13.3. The highest BCUT2D eigenvalue weighted by Crippen LogP contribution is 2.24. The molecule has 0 radical (unpaired) electrons. The normalized spacial score (nSPS) is 10.9. The molecule has 2 aromatic carbocycles. The van der Waals surface area contributed by atoms with Crippen LogP contribution in [0.2, 0.25) is 0 Å². The molecule has 0 atom stereocenters. The van der Waals surface area contributed by atoms with Crippen LogP contribution in [0, 0.1) is 12.7 Å². The van der Waals surface area contributed by atoms with Crippen molar-refractivity contribution in [1.82, 2.24) is 9.88 Å². The zero-order chi connectivity index (χ0) is 16.4. The van der Waals surface area contributed by atoms with Crippen LogP contribution in [0.25, 0.3) is 10.9 Å². The predicted molar refractivity (Wildman–Crippen MR) is 89.6 cm³/mol. The maximum atomic E-state index is 13.6. The lowest BCUT2D eigenvalue weighted by Crippen LogP contribution is -2.25. The molecule has 1 aromatic heterocycles. The van der Waals surface area contributed by atoms with Crippen molar-refractivity contribution in [3.05, 3.63) is 71.2 Å². The predicted octanol–water partition coefficient (Wildman–Crippen LogP) is 3.48. The highest BCUT2D eigenvalue weighted by molar-refractivity contribution is 5.86. The third-order valence-corrected chi connectivity index (χ3v) is 4.30. The second-order valence-corrected chi connectivity index (χ2v) is 5.69. The van der Waals surface area contributed by atoms with Gasteiger partial charge in [-0.2, -0.15) is 0 Å². The molecule has 0 spiro atoms. The van der Waals surface area contributed by atoms with Gasteiger partial charge in [0.25, 0.3) is 0 Å². The Morgan fingerprint density at radius 2 is 1.83 bits per heavy atom. The van der Waals surface area contributed by atoms with Crippen molar-refractivity contribution >= 4 is 16.8 Å². The summed E-state index contributed by atoms with van der Waals surface area (Å²) in [5.41, 5.74) is 3.78. The lowest BCUT2D eigenvalue weighted by atomic mass is 10.1. The highest BCUT2D eigenvalue weighted by atomic mass is 19.1. The number of carbonyl (C=O) groups excluding carboxylic acids is 1. The van der Waals surface area contributed by atoms with Gasteiger partial charge < -0.3 is 9.88 Å². The second-order valence-electron chi connectivity index (χ2n) is 5.69. The zero-order valence-corrected chi connectivity index (χ0v) is 13.3. The number of carbonyl (C=O) groups is 1. The molecular formula is C19H19FN2O. The molecule has 1 amide bonds. The molecule has 0 bridgehead atoms. The van der Waals surface area contributed by atoms with Gasteiger partial charge in [-0.05, 0) is 30.2 Å². The van der Waals surface area contributed by atoms with Gasteiger partial charge in [-0.3, -0.25) is 4.79 Å². The summed E-state index contributed by atoms with van der Waals surface area (Å²) in [6.45, 7) is 2.48. The van der Waals surface area contributed by atoms with Crippen molar-refractivity contribution in [1.29, 1.82) is 0 Å². The molecule has 23 heavy (non-hydrogen) atoms. The van der Waals surface area contributed by atoms with Gasteiger partial charge in [0.2, 0.25) is 5.91 Å². The Kier molecular flexibility index (Phi) is 4.15. The van der Waals surface area contributed by atoms with Crippen LogP contribution in [0.3, 0.4) is 0 Å². The summed E-state index contributed by atoms with van der Waals surface area (Å²) in [5, 5.41) is 4.04. The Hall–Kier alpha value is -2.62. The molecule has 4 heteroatoms. The molecule has 1 N–H and O–H groups in total. The molecule has 0 aliphatic rings. The van der Waals surface area contributed by atoms with Crippen LogP contribution >= 0.6 is 0 Å². The largest absolute Gasteiger partial charge is 0.352 e. The topological polar surface area (TPSA) is 34.0 Å². The molecule has 3 nitrogen and oxygen atoms in total. The van der Waals surface area contributed by atoms with Gasteiger partial charge in [0, 0.05) is 30.2 Å². The molecule has 0 aliphatic heterocycles. The van der Waals surface area contributed by atoms with Crippen LogP contribution in [-0.4, -0.2) is 10.5 Å². The van der Waals surface area contributed by atoms with E-state index in [-0.39, 0.29) is 18.1 Å². The minimum atomic E-state index is -0.344. The summed E-state index contributed by atoms with van der Waals surface area (Å²) < 4.78 is 15.7. The maximum absolute atomic E-state index is 13.6. The molecule has 0 unspecified atom stereocenters. The molecule has 0 saturated heterocycles. The van der Waals surface area contributed by atoms with Crippen LogP contribution in [0.4, 0.5) is 4.39 Å². The Morgan fingerprint density at radius 1 is 1.13 bits per heavy atom. The van der Waals surface area contributed by atoms with Gasteiger partial charge in [0.05, 0.1) is 6.42 Å². The number of amides is 1. The Labute approximate surface area is 134 Å². The van der Waals surface area contributed by atoms with Crippen LogP contribution < -0.4 is 5.32 Å². The lowest BCUT2D eigenvalue weighted by Gasteiger charge is -2.07. The number of nitrogens with zero attached hydrogens (tertiary/aromatic N) is 1. The smallest absolute Gasteiger partial charge is 0.224 e. The number of rotatable bonds is 4. The Balaban J connectivity index is 1.75. The van der Waals surface area contributed by atoms with E-state index in [0.29, 0.717) is 12.1 Å². The standard InChI is InChI=1S/C19H19FN2O/c1-13-16(15-8-4-6-10-18(15)22(13)2)12-21-19(23)11-14-7-3-5-9-17(14)20/h3-10H,11-12H2,1-2H3,(H,21,23). The number of aromatic nitrogens is 1. The van der Waals surface area contributed by atoms with E-state index in [9.17, 15) is 9.18 Å². The van der Waals surface area contributed by atoms with Crippen molar-refractivity contribution < 1.29 is 9.18 Å². The average Bonchev–Trinajstić information content (AvgIpc) is 2.80. The average molecular weight is 310 g/mol. The number of fused-ring (bicyclic) bond motifs is 1. The first kappa shape index (κ1) is 15.3. The van der Waals surface area contributed by atoms with Crippen molar-refractivity contribution in [2.24, 2.45) is 7.05 Å². The van der Waals surface area contributed by atoms with Crippen molar-refractivity contribution in [3.8, 4) is 0 Å². The first-order chi connectivity index (χ1) is 11.1. The van der Waals surface area contributed by atoms with Crippen molar-refractivity contribution in [2.75, 3.05) is 0 Å². The SMILES string of the molecule is Cc1c(CNC(=O)Cc2ccccc2F)c2ccccc2n1C. The summed E-state index contributed by atoms with van der Waals surface area (Å²) in [6.07, 6.45) is 0.0521. The van der Waals surface area contributed by atoms with E-state index in [1.807, 2.05) is 26.1 Å². The van der Waals surface area contributed by atoms with Gasteiger partial charge >= 0.3 is 0 Å². The molecule has 1 heterocycles. The van der Waals surface area contributed by atoms with E-state index in [0.717, 1.165) is 22.2 Å².